The number of hydrogen-bond acceptors (Lipinski definition) is 6. The summed E-state index contributed by atoms with van der Waals surface area (Å²) < 4.78 is 16.2. The Morgan fingerprint density at radius 2 is 1.91 bits per heavy atom. The van der Waals surface area contributed by atoms with Gasteiger partial charge in [0.15, 0.2) is 5.16 Å². The van der Waals surface area contributed by atoms with E-state index >= 15 is 0 Å². The van der Waals surface area contributed by atoms with Crippen molar-refractivity contribution in [3.8, 4) is 0 Å². The monoisotopic (exact) mass is 554 g/mol. The lowest BCUT2D eigenvalue weighted by Crippen LogP contribution is -2.28. The molecular formula is C24H20BrFN6O2S. The van der Waals surface area contributed by atoms with Crippen molar-refractivity contribution in [3.63, 3.8) is 0 Å². The summed E-state index contributed by atoms with van der Waals surface area (Å²) in [6.07, 6.45) is 1.12. The summed E-state index contributed by atoms with van der Waals surface area (Å²) in [5.41, 5.74) is 3.01. The molecule has 5 rings (SSSR count). The first-order valence-corrected chi connectivity index (χ1v) is 12.7. The van der Waals surface area contributed by atoms with E-state index < -0.39 is 0 Å². The Hall–Kier alpha value is -3.31. The van der Waals surface area contributed by atoms with Gasteiger partial charge in [0.1, 0.15) is 5.82 Å². The molecule has 4 aromatic rings. The van der Waals surface area contributed by atoms with Crippen LogP contribution in [0.2, 0.25) is 0 Å². The highest BCUT2D eigenvalue weighted by Crippen LogP contribution is 2.34. The Bertz CT molecular complexity index is 1480. The van der Waals surface area contributed by atoms with E-state index in [-0.39, 0.29) is 29.1 Å². The number of hydrazone groups is 1. The van der Waals surface area contributed by atoms with Crippen LogP contribution in [0, 0.1) is 5.82 Å². The van der Waals surface area contributed by atoms with Gasteiger partial charge in [-0.1, -0.05) is 58.9 Å². The number of rotatable bonds is 6. The molecule has 0 spiro atoms. The lowest BCUT2D eigenvalue weighted by atomic mass is 9.98. The van der Waals surface area contributed by atoms with Gasteiger partial charge in [0.25, 0.3) is 11.5 Å². The molecule has 3 heterocycles. The molecule has 1 amide bonds. The van der Waals surface area contributed by atoms with Crippen LogP contribution in [0.3, 0.4) is 0 Å². The van der Waals surface area contributed by atoms with Crippen LogP contribution in [0.15, 0.2) is 74.1 Å². The van der Waals surface area contributed by atoms with E-state index in [0.717, 1.165) is 27.0 Å². The number of benzene rings is 2. The van der Waals surface area contributed by atoms with Crippen LogP contribution < -0.4 is 5.56 Å². The number of thioether (sulfide) groups is 1. The van der Waals surface area contributed by atoms with Crippen LogP contribution in [0.5, 0.6) is 0 Å². The Labute approximate surface area is 212 Å². The topological polar surface area (TPSA) is 95.7 Å². The number of aryl methyl sites for hydroxylation is 1. The highest BCUT2D eigenvalue weighted by atomic mass is 79.9. The lowest BCUT2D eigenvalue weighted by Gasteiger charge is -2.21. The first-order valence-electron chi connectivity index (χ1n) is 10.9. The van der Waals surface area contributed by atoms with Gasteiger partial charge in [-0.05, 0) is 41.8 Å². The van der Waals surface area contributed by atoms with Crippen molar-refractivity contribution in [3.05, 3.63) is 92.1 Å². The average molecular weight is 555 g/mol. The van der Waals surface area contributed by atoms with Crippen molar-refractivity contribution in [1.82, 2.24) is 24.6 Å². The maximum absolute atomic E-state index is 13.5. The molecule has 0 saturated carbocycles. The number of fused-ring (bicyclic) bond motifs is 1. The molecule has 1 atom stereocenters. The third kappa shape index (κ3) is 4.78. The van der Waals surface area contributed by atoms with E-state index in [4.69, 9.17) is 0 Å². The second-order valence-corrected chi connectivity index (χ2v) is 9.83. The number of hydrogen-bond donors (Lipinski definition) is 1. The standard InChI is InChI=1S/C24H20BrFN6O2S/c1-2-18-11-21(33)27-23-28-29-24(31(18)23)35-13-22(34)32-20(15-5-9-17(26)10-6-15)12-19(30-32)14-3-7-16(25)8-4-14/h3-11,20H,2,12-13H2,1H3,(H,27,28,33). The van der Waals surface area contributed by atoms with E-state index in [0.29, 0.717) is 23.8 Å². The van der Waals surface area contributed by atoms with Gasteiger partial charge in [-0.2, -0.15) is 5.10 Å². The fourth-order valence-electron chi connectivity index (χ4n) is 4.02. The van der Waals surface area contributed by atoms with Crippen molar-refractivity contribution in [2.24, 2.45) is 5.10 Å². The molecule has 11 heteroatoms. The first kappa shape index (κ1) is 23.4. The molecule has 0 bridgehead atoms. The summed E-state index contributed by atoms with van der Waals surface area (Å²) in [6, 6.07) is 15.0. The maximum atomic E-state index is 13.5. The summed E-state index contributed by atoms with van der Waals surface area (Å²) in [4.78, 5) is 27.9. The molecule has 1 aliphatic rings. The molecule has 1 N–H and O–H groups in total. The number of nitrogens with zero attached hydrogens (tertiary/aromatic N) is 5. The number of nitrogens with one attached hydrogen (secondary N) is 1. The van der Waals surface area contributed by atoms with Gasteiger partial charge >= 0.3 is 0 Å². The number of aromatic nitrogens is 4. The van der Waals surface area contributed by atoms with E-state index in [1.165, 1.54) is 35.0 Å². The predicted molar refractivity (Wildman–Crippen MR) is 135 cm³/mol. The van der Waals surface area contributed by atoms with Crippen LogP contribution in [-0.4, -0.2) is 42.0 Å². The van der Waals surface area contributed by atoms with E-state index in [1.807, 2.05) is 31.2 Å². The molecule has 35 heavy (non-hydrogen) atoms. The largest absolute Gasteiger partial charge is 0.291 e. The minimum absolute atomic E-state index is 0.0673. The summed E-state index contributed by atoms with van der Waals surface area (Å²) in [5, 5.41) is 14.8. The number of aromatic amines is 1. The molecule has 0 fully saturated rings. The van der Waals surface area contributed by atoms with E-state index in [2.05, 4.69) is 36.2 Å². The summed E-state index contributed by atoms with van der Waals surface area (Å²) in [6.45, 7) is 1.93. The zero-order chi connectivity index (χ0) is 24.5. The third-order valence-electron chi connectivity index (χ3n) is 5.74. The fourth-order valence-corrected chi connectivity index (χ4v) is 5.10. The first-order chi connectivity index (χ1) is 16.9. The predicted octanol–water partition coefficient (Wildman–Crippen LogP) is 4.35. The minimum Gasteiger partial charge on any atom is -0.291 e. The van der Waals surface area contributed by atoms with E-state index in [1.54, 1.807) is 16.5 Å². The number of H-pyrrole nitrogens is 1. The Balaban J connectivity index is 1.42. The minimum atomic E-state index is -0.347. The van der Waals surface area contributed by atoms with Gasteiger partial charge in [-0.15, -0.1) is 10.2 Å². The smallest absolute Gasteiger partial charge is 0.253 e. The van der Waals surface area contributed by atoms with Crippen LogP contribution in [0.1, 0.15) is 36.2 Å². The van der Waals surface area contributed by atoms with Crippen LogP contribution >= 0.6 is 27.7 Å². The average Bonchev–Trinajstić information content (AvgIpc) is 3.48. The molecule has 8 nitrogen and oxygen atoms in total. The second kappa shape index (κ2) is 9.74. The molecule has 2 aromatic heterocycles. The quantitative estimate of drug-likeness (QED) is 0.357. The van der Waals surface area contributed by atoms with Crippen LogP contribution in [-0.2, 0) is 11.2 Å². The Morgan fingerprint density at radius 1 is 1.17 bits per heavy atom. The van der Waals surface area contributed by atoms with Crippen LogP contribution in [0.25, 0.3) is 5.78 Å². The summed E-state index contributed by atoms with van der Waals surface area (Å²) in [7, 11) is 0. The molecule has 0 aliphatic carbocycles. The molecule has 1 aliphatic heterocycles. The normalized spacial score (nSPS) is 15.6. The van der Waals surface area contributed by atoms with Gasteiger partial charge in [0.05, 0.1) is 17.5 Å². The van der Waals surface area contributed by atoms with Crippen molar-refractivity contribution < 1.29 is 9.18 Å². The zero-order valence-electron chi connectivity index (χ0n) is 18.6. The maximum Gasteiger partial charge on any atom is 0.253 e. The highest BCUT2D eigenvalue weighted by Gasteiger charge is 2.33. The fraction of sp³-hybridized carbons (Fsp3) is 0.208. The number of halogens is 2. The van der Waals surface area contributed by atoms with Gasteiger partial charge in [0.2, 0.25) is 5.78 Å². The molecule has 0 saturated heterocycles. The summed E-state index contributed by atoms with van der Waals surface area (Å²) in [5.74, 6) is -0.142. The molecule has 1 unspecified atom stereocenters. The zero-order valence-corrected chi connectivity index (χ0v) is 21.0. The molecular weight excluding hydrogens is 535 g/mol. The Morgan fingerprint density at radius 3 is 2.63 bits per heavy atom. The second-order valence-electron chi connectivity index (χ2n) is 7.97. The molecule has 0 radical (unpaired) electrons. The van der Waals surface area contributed by atoms with Crippen molar-refractivity contribution >= 4 is 45.1 Å². The van der Waals surface area contributed by atoms with E-state index in [9.17, 15) is 14.0 Å². The van der Waals surface area contributed by atoms with Gasteiger partial charge in [-0.25, -0.2) is 9.40 Å². The van der Waals surface area contributed by atoms with Crippen LogP contribution in [0.4, 0.5) is 4.39 Å². The van der Waals surface area contributed by atoms with Gasteiger partial charge in [0, 0.05) is 22.7 Å². The Kier molecular flexibility index (Phi) is 6.52. The van der Waals surface area contributed by atoms with Crippen molar-refractivity contribution in [2.75, 3.05) is 5.75 Å². The number of amides is 1. The third-order valence-corrected chi connectivity index (χ3v) is 7.18. The van der Waals surface area contributed by atoms with Gasteiger partial charge in [-0.3, -0.25) is 19.0 Å². The summed E-state index contributed by atoms with van der Waals surface area (Å²) >= 11 is 4.67. The van der Waals surface area contributed by atoms with Crippen molar-refractivity contribution in [1.29, 1.82) is 0 Å². The lowest BCUT2D eigenvalue weighted by molar-refractivity contribution is -0.130. The molecule has 178 valence electrons. The molecule has 2 aromatic carbocycles. The van der Waals surface area contributed by atoms with Crippen molar-refractivity contribution in [2.45, 2.75) is 31.0 Å². The number of carbonyl (C=O) groups is 1. The SMILES string of the molecule is CCc1cc(=O)[nH]c2nnc(SCC(=O)N3N=C(c4ccc(Br)cc4)CC3c3ccc(F)cc3)n12. The number of carbonyl (C=O) groups excluding carboxylic acids is 1. The van der Waals surface area contributed by atoms with Gasteiger partial charge < -0.3 is 0 Å². The highest BCUT2D eigenvalue weighted by molar-refractivity contribution is 9.10.